The van der Waals surface area contributed by atoms with Crippen molar-refractivity contribution in [1.29, 1.82) is 0 Å². The van der Waals surface area contributed by atoms with Crippen molar-refractivity contribution in [3.8, 4) is 0 Å². The Morgan fingerprint density at radius 1 is 0.846 bits per heavy atom. The average Bonchev–Trinajstić information content (AvgIpc) is 1.88. The van der Waals surface area contributed by atoms with Gasteiger partial charge < -0.3 is 10.2 Å². The average molecular weight is 736 g/mol. The number of hydrogen-bond acceptors (Lipinski definition) is 2. The van der Waals surface area contributed by atoms with E-state index in [1.165, 1.54) is 0 Å². The second-order valence-electron chi connectivity index (χ2n) is 1.28. The first-order valence-electron chi connectivity index (χ1n) is 2.31. The van der Waals surface area contributed by atoms with Crippen molar-refractivity contribution in [2.24, 2.45) is 0 Å². The van der Waals surface area contributed by atoms with Crippen LogP contribution in [0.15, 0.2) is 0 Å². The number of aliphatic carboxylic acids is 2. The van der Waals surface area contributed by atoms with Gasteiger partial charge in [-0.2, -0.15) is 0 Å². The smallest absolute Gasteiger partial charge is 0.326 e. The SMILES string of the molecule is O=C(O)C(I)I.O=C(O)C(I)I.[Cd]. The summed E-state index contributed by atoms with van der Waals surface area (Å²) in [6.45, 7) is 0. The van der Waals surface area contributed by atoms with E-state index >= 15 is 0 Å². The maximum absolute atomic E-state index is 9.68. The van der Waals surface area contributed by atoms with Crippen LogP contribution < -0.4 is 0 Å². The fourth-order valence-electron chi connectivity index (χ4n) is 0. The van der Waals surface area contributed by atoms with Crippen LogP contribution in [0.3, 0.4) is 0 Å². The molecule has 0 aromatic rings. The van der Waals surface area contributed by atoms with Crippen molar-refractivity contribution < 1.29 is 47.1 Å². The van der Waals surface area contributed by atoms with Crippen LogP contribution in [0, 0.1) is 0 Å². The number of halogens is 4. The number of hydrogen-bond donors (Lipinski definition) is 2. The van der Waals surface area contributed by atoms with Crippen LogP contribution in [0.25, 0.3) is 0 Å². The minimum absolute atomic E-state index is 0. The first-order chi connectivity index (χ1) is 5.29. The van der Waals surface area contributed by atoms with Crippen molar-refractivity contribution in [3.05, 3.63) is 0 Å². The van der Waals surface area contributed by atoms with Gasteiger partial charge >= 0.3 is 11.9 Å². The standard InChI is InChI=1S/2C2H2I2O2.Cd/c2*3-1(4)2(5)6;/h2*1H,(H,5,6);. The number of carboxylic acids is 2. The number of carbonyl (C=O) groups is 2. The van der Waals surface area contributed by atoms with E-state index in [4.69, 9.17) is 10.2 Å². The van der Waals surface area contributed by atoms with Crippen LogP contribution in [-0.4, -0.2) is 26.0 Å². The molecule has 0 aromatic heterocycles. The van der Waals surface area contributed by atoms with Gasteiger partial charge in [0, 0.05) is 27.3 Å². The summed E-state index contributed by atoms with van der Waals surface area (Å²) in [5, 5.41) is 16.0. The first-order valence-corrected chi connectivity index (χ1v) is 7.29. The van der Waals surface area contributed by atoms with Gasteiger partial charge in [-0.05, 0) is 0 Å². The summed E-state index contributed by atoms with van der Waals surface area (Å²) in [6, 6.07) is 0. The molecule has 9 heteroatoms. The minimum Gasteiger partial charge on any atom is -0.480 e. The summed E-state index contributed by atoms with van der Waals surface area (Å²) >= 11 is 7.28. The maximum atomic E-state index is 9.68. The van der Waals surface area contributed by atoms with Crippen molar-refractivity contribution in [1.82, 2.24) is 0 Å². The molecule has 0 unspecified atom stereocenters. The summed E-state index contributed by atoms with van der Waals surface area (Å²) in [5.74, 6) is -1.53. The summed E-state index contributed by atoms with van der Waals surface area (Å²) < 4.78 is -0.583. The third kappa shape index (κ3) is 20.8. The summed E-state index contributed by atoms with van der Waals surface area (Å²) in [5.41, 5.74) is 0. The Morgan fingerprint density at radius 3 is 0.923 bits per heavy atom. The summed E-state index contributed by atoms with van der Waals surface area (Å²) in [4.78, 5) is 19.4. The molecule has 0 atom stereocenters. The third-order valence-electron chi connectivity index (χ3n) is 0.373. The molecule has 0 saturated heterocycles. The molecule has 0 rings (SSSR count). The molecule has 0 radical (unpaired) electrons. The van der Waals surface area contributed by atoms with E-state index < -0.39 is 11.9 Å². The van der Waals surface area contributed by atoms with Crippen molar-refractivity contribution in [2.45, 2.75) is 3.86 Å². The van der Waals surface area contributed by atoms with Gasteiger partial charge in [-0.1, -0.05) is 90.4 Å². The van der Waals surface area contributed by atoms with Crippen molar-refractivity contribution >= 4 is 102 Å². The maximum Gasteiger partial charge on any atom is 0.326 e. The molecule has 0 spiro atoms. The van der Waals surface area contributed by atoms with E-state index in [1.54, 1.807) is 0 Å². The molecule has 0 amide bonds. The van der Waals surface area contributed by atoms with Gasteiger partial charge in [0.05, 0.1) is 0 Å². The first kappa shape index (κ1) is 21.1. The number of rotatable bonds is 2. The molecule has 0 saturated carbocycles. The molecule has 0 fully saturated rings. The van der Waals surface area contributed by atoms with E-state index in [1.807, 2.05) is 90.4 Å². The molecule has 4 nitrogen and oxygen atoms in total. The fourth-order valence-corrected chi connectivity index (χ4v) is 0. The molecule has 0 aliphatic rings. The van der Waals surface area contributed by atoms with Crippen LogP contribution in [-0.2, 0) is 36.9 Å². The van der Waals surface area contributed by atoms with E-state index in [9.17, 15) is 9.59 Å². The van der Waals surface area contributed by atoms with Gasteiger partial charge in [0.2, 0.25) is 0 Å². The van der Waals surface area contributed by atoms with Crippen LogP contribution >= 0.6 is 90.4 Å². The molecule has 13 heavy (non-hydrogen) atoms. The van der Waals surface area contributed by atoms with Crippen LogP contribution in [0.2, 0.25) is 0 Å². The molecule has 0 aliphatic heterocycles. The van der Waals surface area contributed by atoms with Crippen molar-refractivity contribution in [2.75, 3.05) is 0 Å². The largest absolute Gasteiger partial charge is 0.480 e. The quantitative estimate of drug-likeness (QED) is 0.260. The third-order valence-corrected chi connectivity index (χ3v) is 2.50. The second kappa shape index (κ2) is 12.8. The number of alkyl halides is 4. The Kier molecular flexibility index (Phi) is 20.9. The Labute approximate surface area is 150 Å². The van der Waals surface area contributed by atoms with Crippen LogP contribution in [0.5, 0.6) is 0 Å². The normalized spacial score (nSPS) is 8.46. The monoisotopic (exact) mass is 738 g/mol. The van der Waals surface area contributed by atoms with Crippen molar-refractivity contribution in [3.63, 3.8) is 0 Å². The Hall–Kier alpha value is 2.78. The fraction of sp³-hybridized carbons (Fsp3) is 0.500. The van der Waals surface area contributed by atoms with E-state index in [0.717, 1.165) is 0 Å². The predicted molar refractivity (Wildman–Crippen MR) is 78.9 cm³/mol. The van der Waals surface area contributed by atoms with Gasteiger partial charge in [-0.25, -0.2) is 0 Å². The molecule has 2 N–H and O–H groups in total. The molecule has 0 bridgehead atoms. The molecule has 0 aliphatic carbocycles. The predicted octanol–water partition coefficient (Wildman–Crippen LogP) is 2.53. The topological polar surface area (TPSA) is 74.6 Å². The molecule has 74 valence electrons. The van der Waals surface area contributed by atoms with Gasteiger partial charge in [-0.15, -0.1) is 0 Å². The minimum atomic E-state index is -0.767. The van der Waals surface area contributed by atoms with Gasteiger partial charge in [0.15, 0.2) is 3.86 Å². The Morgan fingerprint density at radius 2 is 0.923 bits per heavy atom. The zero-order valence-corrected chi connectivity index (χ0v) is 18.8. The summed E-state index contributed by atoms with van der Waals surface area (Å²) in [7, 11) is 0. The zero-order valence-electron chi connectivity index (χ0n) is 6.08. The molecule has 0 heterocycles. The summed E-state index contributed by atoms with van der Waals surface area (Å²) in [6.07, 6.45) is 0. The zero-order chi connectivity index (χ0) is 10.3. The van der Waals surface area contributed by atoms with Gasteiger partial charge in [0.1, 0.15) is 0 Å². The van der Waals surface area contributed by atoms with Gasteiger partial charge in [-0.3, -0.25) is 9.59 Å². The Balaban J connectivity index is -0.000000143. The Bertz CT molecular complexity index is 144. The number of carboxylic acid groups (broad SMARTS) is 2. The molecule has 0 aromatic carbocycles. The molecular weight excluding hydrogens is 732 g/mol. The van der Waals surface area contributed by atoms with E-state index in [0.29, 0.717) is 0 Å². The van der Waals surface area contributed by atoms with Crippen LogP contribution in [0.1, 0.15) is 0 Å². The van der Waals surface area contributed by atoms with Crippen LogP contribution in [0.4, 0.5) is 0 Å². The van der Waals surface area contributed by atoms with E-state index in [-0.39, 0.29) is 31.2 Å². The van der Waals surface area contributed by atoms with Gasteiger partial charge in [0.25, 0.3) is 0 Å². The van der Waals surface area contributed by atoms with E-state index in [2.05, 4.69) is 0 Å². The molecular formula is C4H4CdI4O4. The second-order valence-corrected chi connectivity index (χ2v) is 11.0.